The standard InChI is InChI=1S/C21H24N2O2.ClH/c1-22-13-7-12-20(22)19(17-8-3-2-4-9-17)11-6-15-23-14-5-10-18(16-23)21(24)25;/h2-4,7-13H,5-6,14-16H2,1H3,(H,24,25);1H. The van der Waals surface area contributed by atoms with Crippen molar-refractivity contribution in [3.63, 3.8) is 0 Å². The van der Waals surface area contributed by atoms with E-state index in [1.165, 1.54) is 16.8 Å². The highest BCUT2D eigenvalue weighted by atomic mass is 35.5. The number of nitrogens with zero attached hydrogens (tertiary/aromatic N) is 2. The van der Waals surface area contributed by atoms with Gasteiger partial charge in [0.1, 0.15) is 0 Å². The largest absolute Gasteiger partial charge is 0.478 e. The molecule has 0 bridgehead atoms. The summed E-state index contributed by atoms with van der Waals surface area (Å²) >= 11 is 0. The third-order valence-electron chi connectivity index (χ3n) is 4.60. The first-order valence-corrected chi connectivity index (χ1v) is 8.67. The smallest absolute Gasteiger partial charge is 0.332 e. The molecule has 2 heterocycles. The van der Waals surface area contributed by atoms with Gasteiger partial charge in [-0.25, -0.2) is 4.79 Å². The maximum absolute atomic E-state index is 11.2. The van der Waals surface area contributed by atoms with Crippen LogP contribution in [-0.2, 0) is 11.8 Å². The number of hydrogen-bond acceptors (Lipinski definition) is 2. The lowest BCUT2D eigenvalue weighted by atomic mass is 10.0. The number of carboxylic acid groups (broad SMARTS) is 1. The van der Waals surface area contributed by atoms with E-state index in [-0.39, 0.29) is 12.4 Å². The summed E-state index contributed by atoms with van der Waals surface area (Å²) < 4.78 is 2.13. The van der Waals surface area contributed by atoms with Crippen LogP contribution in [0.5, 0.6) is 0 Å². The van der Waals surface area contributed by atoms with Crippen molar-refractivity contribution < 1.29 is 9.90 Å². The molecule has 1 aliphatic heterocycles. The summed E-state index contributed by atoms with van der Waals surface area (Å²) in [5, 5.41) is 9.16. The van der Waals surface area contributed by atoms with Crippen molar-refractivity contribution in [3.05, 3.63) is 77.6 Å². The third kappa shape index (κ3) is 4.87. The van der Waals surface area contributed by atoms with Gasteiger partial charge in [-0.15, -0.1) is 12.4 Å². The summed E-state index contributed by atoms with van der Waals surface area (Å²) in [5.74, 6) is -0.797. The quantitative estimate of drug-likeness (QED) is 0.834. The Morgan fingerprint density at radius 2 is 1.96 bits per heavy atom. The second kappa shape index (κ2) is 9.41. The van der Waals surface area contributed by atoms with Crippen LogP contribution >= 0.6 is 12.4 Å². The molecule has 4 nitrogen and oxygen atoms in total. The minimum atomic E-state index is -0.797. The Balaban J connectivity index is 0.00000243. The molecule has 0 fully saturated rings. The van der Waals surface area contributed by atoms with Gasteiger partial charge in [0.05, 0.1) is 0 Å². The van der Waals surface area contributed by atoms with Crippen LogP contribution in [0.15, 0.2) is 66.4 Å². The molecule has 0 spiro atoms. The number of aromatic nitrogens is 1. The van der Waals surface area contributed by atoms with Crippen LogP contribution in [0.3, 0.4) is 0 Å². The maximum atomic E-state index is 11.2. The van der Waals surface area contributed by atoms with E-state index in [4.69, 9.17) is 5.11 Å². The van der Waals surface area contributed by atoms with Crippen LogP contribution < -0.4 is 0 Å². The number of halogens is 1. The van der Waals surface area contributed by atoms with E-state index in [1.807, 2.05) is 12.1 Å². The number of aliphatic carboxylic acids is 1. The maximum Gasteiger partial charge on any atom is 0.332 e. The molecular weight excluding hydrogens is 348 g/mol. The number of aryl methyl sites for hydroxylation is 1. The van der Waals surface area contributed by atoms with Gasteiger partial charge in [-0.2, -0.15) is 0 Å². The van der Waals surface area contributed by atoms with Gasteiger partial charge in [-0.1, -0.05) is 42.5 Å². The number of rotatable bonds is 6. The van der Waals surface area contributed by atoms with Gasteiger partial charge in [0.15, 0.2) is 0 Å². The number of carbonyl (C=O) groups is 1. The first-order chi connectivity index (χ1) is 12.1. The molecule has 3 rings (SSSR count). The lowest BCUT2D eigenvalue weighted by Crippen LogP contribution is -2.32. The molecule has 5 heteroatoms. The SMILES string of the molecule is Cl.Cn1cccc1C(=CCCN1CCC=C(C(=O)O)C1)c1ccccc1. The molecule has 2 aromatic rings. The van der Waals surface area contributed by atoms with Crippen LogP contribution in [-0.4, -0.2) is 40.2 Å². The molecule has 0 radical (unpaired) electrons. The van der Waals surface area contributed by atoms with Gasteiger partial charge in [0.25, 0.3) is 0 Å². The molecule has 0 atom stereocenters. The average molecular weight is 373 g/mol. The van der Waals surface area contributed by atoms with Crippen molar-refractivity contribution in [2.75, 3.05) is 19.6 Å². The zero-order valence-corrected chi connectivity index (χ0v) is 15.8. The lowest BCUT2D eigenvalue weighted by Gasteiger charge is -2.25. The second-order valence-electron chi connectivity index (χ2n) is 6.38. The molecule has 26 heavy (non-hydrogen) atoms. The Morgan fingerprint density at radius 3 is 2.62 bits per heavy atom. The van der Waals surface area contributed by atoms with Gasteiger partial charge in [-0.3, -0.25) is 4.90 Å². The Bertz CT molecular complexity index is 793. The average Bonchev–Trinajstić information content (AvgIpc) is 3.05. The molecule has 0 amide bonds. The lowest BCUT2D eigenvalue weighted by molar-refractivity contribution is -0.133. The summed E-state index contributed by atoms with van der Waals surface area (Å²) in [4.78, 5) is 13.4. The molecule has 1 aliphatic rings. The zero-order chi connectivity index (χ0) is 17.6. The zero-order valence-electron chi connectivity index (χ0n) is 15.0. The minimum Gasteiger partial charge on any atom is -0.478 e. The predicted octanol–water partition coefficient (Wildman–Crippen LogP) is 3.99. The van der Waals surface area contributed by atoms with E-state index in [2.05, 4.69) is 65.2 Å². The van der Waals surface area contributed by atoms with E-state index in [0.29, 0.717) is 12.1 Å². The fraction of sp³-hybridized carbons (Fsp3) is 0.286. The Hall–Kier alpha value is -2.30. The summed E-state index contributed by atoms with van der Waals surface area (Å²) in [7, 11) is 2.06. The highest BCUT2D eigenvalue weighted by Crippen LogP contribution is 2.24. The molecule has 0 aliphatic carbocycles. The molecule has 0 saturated carbocycles. The van der Waals surface area contributed by atoms with Crippen LogP contribution in [0, 0.1) is 0 Å². The molecular formula is C21H25ClN2O2. The normalized spacial score (nSPS) is 15.3. The number of benzene rings is 1. The summed E-state index contributed by atoms with van der Waals surface area (Å²) in [5.41, 5.74) is 4.13. The van der Waals surface area contributed by atoms with Crippen molar-refractivity contribution in [3.8, 4) is 0 Å². The van der Waals surface area contributed by atoms with Gasteiger partial charge < -0.3 is 9.67 Å². The van der Waals surface area contributed by atoms with Gasteiger partial charge >= 0.3 is 5.97 Å². The monoisotopic (exact) mass is 372 g/mol. The second-order valence-corrected chi connectivity index (χ2v) is 6.38. The highest BCUT2D eigenvalue weighted by Gasteiger charge is 2.16. The van der Waals surface area contributed by atoms with E-state index in [0.717, 1.165) is 25.9 Å². The van der Waals surface area contributed by atoms with Crippen LogP contribution in [0.4, 0.5) is 0 Å². The van der Waals surface area contributed by atoms with E-state index in [9.17, 15) is 4.79 Å². The first kappa shape index (κ1) is 20.0. The van der Waals surface area contributed by atoms with E-state index in [1.54, 1.807) is 0 Å². The van der Waals surface area contributed by atoms with E-state index >= 15 is 0 Å². The fourth-order valence-electron chi connectivity index (χ4n) is 3.27. The summed E-state index contributed by atoms with van der Waals surface area (Å²) in [6.45, 7) is 2.33. The topological polar surface area (TPSA) is 45.5 Å². The van der Waals surface area contributed by atoms with Gasteiger partial charge in [0.2, 0.25) is 0 Å². The Morgan fingerprint density at radius 1 is 1.19 bits per heavy atom. The molecule has 138 valence electrons. The molecule has 0 unspecified atom stereocenters. The van der Waals surface area contributed by atoms with Crippen molar-refractivity contribution in [2.45, 2.75) is 12.8 Å². The number of carboxylic acids is 1. The molecule has 1 aromatic carbocycles. The van der Waals surface area contributed by atoms with Crippen LogP contribution in [0.25, 0.3) is 5.57 Å². The third-order valence-corrected chi connectivity index (χ3v) is 4.60. The fourth-order valence-corrected chi connectivity index (χ4v) is 3.27. The summed E-state index contributed by atoms with van der Waals surface area (Å²) in [6, 6.07) is 14.6. The van der Waals surface area contributed by atoms with Crippen molar-refractivity contribution in [1.82, 2.24) is 9.47 Å². The van der Waals surface area contributed by atoms with E-state index < -0.39 is 5.97 Å². The molecule has 1 aromatic heterocycles. The first-order valence-electron chi connectivity index (χ1n) is 8.67. The van der Waals surface area contributed by atoms with Crippen LogP contribution in [0.2, 0.25) is 0 Å². The number of hydrogen-bond donors (Lipinski definition) is 1. The predicted molar refractivity (Wildman–Crippen MR) is 108 cm³/mol. The highest BCUT2D eigenvalue weighted by molar-refractivity contribution is 5.87. The summed E-state index contributed by atoms with van der Waals surface area (Å²) in [6.07, 6.45) is 7.87. The Labute approximate surface area is 160 Å². The van der Waals surface area contributed by atoms with Gasteiger partial charge in [-0.05, 0) is 30.5 Å². The minimum absolute atomic E-state index is 0. The van der Waals surface area contributed by atoms with Crippen molar-refractivity contribution in [2.24, 2.45) is 7.05 Å². The van der Waals surface area contributed by atoms with Crippen molar-refractivity contribution >= 4 is 23.9 Å². The Kier molecular flexibility index (Phi) is 7.25. The van der Waals surface area contributed by atoms with Crippen molar-refractivity contribution in [1.29, 1.82) is 0 Å². The molecule has 0 saturated heterocycles. The van der Waals surface area contributed by atoms with Crippen LogP contribution in [0.1, 0.15) is 24.1 Å². The molecule has 1 N–H and O–H groups in total. The van der Waals surface area contributed by atoms with Gasteiger partial charge in [0, 0.05) is 49.7 Å².